The van der Waals surface area contributed by atoms with Gasteiger partial charge in [-0.05, 0) is 44.5 Å². The van der Waals surface area contributed by atoms with Crippen LogP contribution in [0.3, 0.4) is 0 Å². The second-order valence-corrected chi connectivity index (χ2v) is 7.72. The number of ether oxygens (including phenoxy) is 2. The minimum Gasteiger partial charge on any atom is -0.486 e. The number of hydrogen-bond donors (Lipinski definition) is 3. The molecular formula is C15H22N2O5S. The van der Waals surface area contributed by atoms with Crippen LogP contribution < -0.4 is 19.5 Å². The van der Waals surface area contributed by atoms with Gasteiger partial charge in [0.05, 0.1) is 10.5 Å². The third-order valence-corrected chi connectivity index (χ3v) is 5.58. The summed E-state index contributed by atoms with van der Waals surface area (Å²) in [7, 11) is -3.71. The maximum atomic E-state index is 12.5. The van der Waals surface area contributed by atoms with Crippen LogP contribution in [0.15, 0.2) is 23.1 Å². The van der Waals surface area contributed by atoms with Crippen molar-refractivity contribution in [2.24, 2.45) is 0 Å². The van der Waals surface area contributed by atoms with Crippen LogP contribution in [0.4, 0.5) is 0 Å². The Kier molecular flexibility index (Phi) is 4.77. The zero-order chi connectivity index (χ0) is 16.3. The molecule has 1 aromatic carbocycles. The summed E-state index contributed by atoms with van der Waals surface area (Å²) in [5.74, 6) is 0.972. The van der Waals surface area contributed by atoms with Crippen molar-refractivity contribution in [3.63, 3.8) is 0 Å². The number of rotatable bonds is 4. The van der Waals surface area contributed by atoms with Crippen molar-refractivity contribution in [1.29, 1.82) is 0 Å². The third-order valence-electron chi connectivity index (χ3n) is 4.18. The minimum atomic E-state index is -3.71. The number of sulfonamides is 1. The molecule has 0 spiro atoms. The fourth-order valence-electron chi connectivity index (χ4n) is 2.79. The van der Waals surface area contributed by atoms with Crippen molar-refractivity contribution < 1.29 is 23.0 Å². The molecule has 0 aliphatic carbocycles. The van der Waals surface area contributed by atoms with Crippen LogP contribution in [0.25, 0.3) is 0 Å². The highest BCUT2D eigenvalue weighted by molar-refractivity contribution is 7.89. The van der Waals surface area contributed by atoms with E-state index in [1.165, 1.54) is 12.1 Å². The normalized spacial score (nSPS) is 24.9. The van der Waals surface area contributed by atoms with Crippen molar-refractivity contribution in [3.8, 4) is 11.5 Å². The topological polar surface area (TPSA) is 96.9 Å². The summed E-state index contributed by atoms with van der Waals surface area (Å²) in [6.07, 6.45) is 1.92. The number of fused-ring (bicyclic) bond motifs is 1. The molecule has 2 heterocycles. The summed E-state index contributed by atoms with van der Waals surface area (Å²) in [6.45, 7) is 2.39. The quantitative estimate of drug-likeness (QED) is 0.725. The van der Waals surface area contributed by atoms with E-state index in [-0.39, 0.29) is 11.4 Å². The number of aliphatic hydroxyl groups is 1. The van der Waals surface area contributed by atoms with Crippen molar-refractivity contribution in [2.45, 2.75) is 29.8 Å². The van der Waals surface area contributed by atoms with Gasteiger partial charge in [0.25, 0.3) is 0 Å². The fourth-order valence-corrected chi connectivity index (χ4v) is 3.93. The van der Waals surface area contributed by atoms with Crippen molar-refractivity contribution in [2.75, 3.05) is 32.8 Å². The molecule has 128 valence electrons. The van der Waals surface area contributed by atoms with E-state index in [0.717, 1.165) is 13.0 Å². The maximum Gasteiger partial charge on any atom is 0.240 e. The van der Waals surface area contributed by atoms with Crippen molar-refractivity contribution in [1.82, 2.24) is 10.0 Å². The Morgan fingerprint density at radius 1 is 1.17 bits per heavy atom. The SMILES string of the molecule is O=S(=O)(NC[C@@]1(O)CCCNCC1)c1ccc2c(c1)OCCO2. The van der Waals surface area contributed by atoms with E-state index in [1.54, 1.807) is 6.07 Å². The van der Waals surface area contributed by atoms with Crippen LogP contribution in [0.2, 0.25) is 0 Å². The number of hydrogen-bond acceptors (Lipinski definition) is 6. The Hall–Kier alpha value is -1.35. The Morgan fingerprint density at radius 2 is 1.96 bits per heavy atom. The molecule has 0 unspecified atom stereocenters. The third kappa shape index (κ3) is 3.95. The molecule has 1 fully saturated rings. The van der Waals surface area contributed by atoms with Gasteiger partial charge in [-0.1, -0.05) is 0 Å². The van der Waals surface area contributed by atoms with Gasteiger partial charge in [0, 0.05) is 12.6 Å². The standard InChI is InChI=1S/C15H22N2O5S/c18-15(4-1-6-16-7-5-15)11-17-23(19,20)12-2-3-13-14(10-12)22-9-8-21-13/h2-3,10,16-18H,1,4-9,11H2/t15-/m1/s1. The summed E-state index contributed by atoms with van der Waals surface area (Å²) in [4.78, 5) is 0.108. The molecule has 2 aliphatic heterocycles. The number of benzene rings is 1. The smallest absolute Gasteiger partial charge is 0.240 e. The van der Waals surface area contributed by atoms with E-state index >= 15 is 0 Å². The first-order valence-electron chi connectivity index (χ1n) is 7.81. The molecular weight excluding hydrogens is 320 g/mol. The van der Waals surface area contributed by atoms with Gasteiger partial charge in [0.1, 0.15) is 13.2 Å². The zero-order valence-electron chi connectivity index (χ0n) is 12.9. The van der Waals surface area contributed by atoms with Crippen LogP contribution in [0.5, 0.6) is 11.5 Å². The highest BCUT2D eigenvalue weighted by Gasteiger charge is 2.30. The predicted octanol–water partition coefficient (Wildman–Crippen LogP) is 0.241. The highest BCUT2D eigenvalue weighted by Crippen LogP contribution is 2.32. The van der Waals surface area contributed by atoms with Gasteiger partial charge >= 0.3 is 0 Å². The van der Waals surface area contributed by atoms with Gasteiger partial charge in [0.15, 0.2) is 11.5 Å². The molecule has 0 radical (unpaired) electrons. The van der Waals surface area contributed by atoms with E-state index in [4.69, 9.17) is 9.47 Å². The lowest BCUT2D eigenvalue weighted by Crippen LogP contribution is -2.43. The number of nitrogens with one attached hydrogen (secondary N) is 2. The lowest BCUT2D eigenvalue weighted by Gasteiger charge is -2.26. The lowest BCUT2D eigenvalue weighted by atomic mass is 9.95. The maximum absolute atomic E-state index is 12.5. The van der Waals surface area contributed by atoms with Crippen LogP contribution >= 0.6 is 0 Å². The first kappa shape index (κ1) is 16.5. The average molecular weight is 342 g/mol. The summed E-state index contributed by atoms with van der Waals surface area (Å²) in [5.41, 5.74) is -1.01. The largest absolute Gasteiger partial charge is 0.486 e. The van der Waals surface area contributed by atoms with Gasteiger partial charge in [0.2, 0.25) is 10.0 Å². The van der Waals surface area contributed by atoms with Crippen molar-refractivity contribution >= 4 is 10.0 Å². The molecule has 23 heavy (non-hydrogen) atoms. The molecule has 3 N–H and O–H groups in total. The molecule has 1 aromatic rings. The molecule has 1 atom stereocenters. The van der Waals surface area contributed by atoms with Gasteiger partial charge in [-0.25, -0.2) is 13.1 Å². The summed E-state index contributed by atoms with van der Waals surface area (Å²) >= 11 is 0. The predicted molar refractivity (Wildman–Crippen MR) is 84.3 cm³/mol. The summed E-state index contributed by atoms with van der Waals surface area (Å²) in [5, 5.41) is 13.7. The zero-order valence-corrected chi connectivity index (χ0v) is 13.7. The molecule has 0 amide bonds. The molecule has 1 saturated heterocycles. The minimum absolute atomic E-state index is 0.00541. The Morgan fingerprint density at radius 3 is 2.78 bits per heavy atom. The van der Waals surface area contributed by atoms with Crippen LogP contribution in [0.1, 0.15) is 19.3 Å². The molecule has 2 aliphatic rings. The molecule has 0 aromatic heterocycles. The van der Waals surface area contributed by atoms with E-state index in [1.807, 2.05) is 0 Å². The van der Waals surface area contributed by atoms with Gasteiger partial charge in [-0.2, -0.15) is 0 Å². The molecule has 0 bridgehead atoms. The Labute approximate surface area is 136 Å². The molecule has 7 nitrogen and oxygen atoms in total. The van der Waals surface area contributed by atoms with E-state index < -0.39 is 15.6 Å². The average Bonchev–Trinajstić information content (AvgIpc) is 2.78. The first-order chi connectivity index (χ1) is 11.0. The van der Waals surface area contributed by atoms with E-state index in [2.05, 4.69) is 10.0 Å². The lowest BCUT2D eigenvalue weighted by molar-refractivity contribution is 0.0335. The van der Waals surface area contributed by atoms with Crippen LogP contribution in [-0.4, -0.2) is 52.0 Å². The van der Waals surface area contributed by atoms with E-state index in [9.17, 15) is 13.5 Å². The van der Waals surface area contributed by atoms with Gasteiger partial charge in [-0.15, -0.1) is 0 Å². The van der Waals surface area contributed by atoms with Gasteiger partial charge in [-0.3, -0.25) is 0 Å². The Bertz CT molecular complexity index is 654. The first-order valence-corrected chi connectivity index (χ1v) is 9.29. The van der Waals surface area contributed by atoms with Crippen LogP contribution in [-0.2, 0) is 10.0 Å². The van der Waals surface area contributed by atoms with Gasteiger partial charge < -0.3 is 19.9 Å². The second kappa shape index (κ2) is 6.64. The van der Waals surface area contributed by atoms with E-state index in [0.29, 0.717) is 44.1 Å². The van der Waals surface area contributed by atoms with Crippen molar-refractivity contribution in [3.05, 3.63) is 18.2 Å². The second-order valence-electron chi connectivity index (χ2n) is 5.96. The molecule has 3 rings (SSSR count). The summed E-state index contributed by atoms with van der Waals surface area (Å²) in [6, 6.07) is 4.53. The fraction of sp³-hybridized carbons (Fsp3) is 0.600. The highest BCUT2D eigenvalue weighted by atomic mass is 32.2. The van der Waals surface area contributed by atoms with Crippen LogP contribution in [0, 0.1) is 0 Å². The monoisotopic (exact) mass is 342 g/mol. The molecule has 8 heteroatoms. The molecule has 0 saturated carbocycles. The summed E-state index contributed by atoms with van der Waals surface area (Å²) < 4.78 is 38.2. The Balaban J connectivity index is 1.71.